The normalized spacial score (nSPS) is 10.1. The minimum atomic E-state index is -0.236. The van der Waals surface area contributed by atoms with Crippen LogP contribution in [0.25, 0.3) is 12.2 Å². The summed E-state index contributed by atoms with van der Waals surface area (Å²) in [4.78, 5) is 12.9. The Morgan fingerprint density at radius 2 is 2.13 bits per heavy atom. The Bertz CT molecular complexity index is 642. The van der Waals surface area contributed by atoms with Gasteiger partial charge in [-0.25, -0.2) is 21.1 Å². The first-order valence-electron chi connectivity index (χ1n) is 6.82. The molecule has 0 fully saturated rings. The number of carbonyl (C=O) groups is 1. The minimum Gasteiger partial charge on any atom is -0.445 e. The largest absolute Gasteiger partial charge is 0.445 e. The first-order chi connectivity index (χ1) is 11.0. The van der Waals surface area contributed by atoms with E-state index in [-0.39, 0.29) is 5.82 Å². The van der Waals surface area contributed by atoms with Crippen LogP contribution in [0, 0.1) is 5.82 Å². The lowest BCUT2D eigenvalue weighted by Crippen LogP contribution is -2.26. The fourth-order valence-electron chi connectivity index (χ4n) is 1.95. The molecular formula is C15H20FN5O2. The summed E-state index contributed by atoms with van der Waals surface area (Å²) in [6.45, 7) is 1.90. The number of hydrogen-bond acceptors (Lipinski definition) is 6. The minimum absolute atomic E-state index is 0.236. The molecule has 2 aromatic rings. The van der Waals surface area contributed by atoms with Gasteiger partial charge in [0.15, 0.2) is 0 Å². The van der Waals surface area contributed by atoms with E-state index >= 15 is 0 Å². The molecule has 0 spiro atoms. The highest BCUT2D eigenvalue weighted by molar-refractivity contribution is 5.77. The van der Waals surface area contributed by atoms with Crippen molar-refractivity contribution < 1.29 is 13.6 Å². The van der Waals surface area contributed by atoms with E-state index in [4.69, 9.17) is 15.1 Å². The average molecular weight is 321 g/mol. The number of nitrogens with two attached hydrogens (primary N) is 2. The van der Waals surface area contributed by atoms with Crippen LogP contribution in [0.1, 0.15) is 23.9 Å². The van der Waals surface area contributed by atoms with Crippen molar-refractivity contribution >= 4 is 24.2 Å². The number of aromatic nitrogens is 1. The van der Waals surface area contributed by atoms with Gasteiger partial charge in [0.25, 0.3) is 0 Å². The number of benzene rings is 1. The van der Waals surface area contributed by atoms with Crippen molar-refractivity contribution in [1.29, 1.82) is 0 Å². The van der Waals surface area contributed by atoms with Crippen molar-refractivity contribution in [3.63, 3.8) is 0 Å². The number of hydrogen-bond donors (Lipinski definition) is 3. The highest BCUT2D eigenvalue weighted by Gasteiger charge is 2.11. The summed E-state index contributed by atoms with van der Waals surface area (Å²) >= 11 is 0. The summed E-state index contributed by atoms with van der Waals surface area (Å²) < 4.78 is 19.0. The Morgan fingerprint density at radius 3 is 2.61 bits per heavy atom. The summed E-state index contributed by atoms with van der Waals surface area (Å²) in [7, 11) is 1.72. The molecule has 0 atom stereocenters. The number of rotatable bonds is 5. The van der Waals surface area contributed by atoms with E-state index in [0.717, 1.165) is 11.3 Å². The van der Waals surface area contributed by atoms with Crippen LogP contribution in [0.15, 0.2) is 29.0 Å². The Balaban J connectivity index is 0.000000593. The lowest BCUT2D eigenvalue weighted by Gasteiger charge is -2.18. The van der Waals surface area contributed by atoms with Crippen molar-refractivity contribution in [1.82, 2.24) is 10.4 Å². The molecule has 0 bridgehead atoms. The molecule has 23 heavy (non-hydrogen) atoms. The van der Waals surface area contributed by atoms with Gasteiger partial charge in [-0.05, 0) is 30.2 Å². The number of oxazole rings is 1. The summed E-state index contributed by atoms with van der Waals surface area (Å²) in [5.74, 6) is 10.4. The molecule has 0 aliphatic heterocycles. The van der Waals surface area contributed by atoms with Crippen LogP contribution < -0.4 is 22.1 Å². The monoisotopic (exact) mass is 321 g/mol. The third-order valence-electron chi connectivity index (χ3n) is 2.92. The van der Waals surface area contributed by atoms with Gasteiger partial charge in [0.2, 0.25) is 12.3 Å². The van der Waals surface area contributed by atoms with E-state index in [0.29, 0.717) is 24.3 Å². The van der Waals surface area contributed by atoms with E-state index in [9.17, 15) is 4.39 Å². The lowest BCUT2D eigenvalue weighted by molar-refractivity contribution is -0.109. The zero-order chi connectivity index (χ0) is 17.2. The maximum atomic E-state index is 13.8. The molecule has 0 saturated heterocycles. The van der Waals surface area contributed by atoms with Crippen LogP contribution in [0.5, 0.6) is 0 Å². The van der Waals surface area contributed by atoms with Crippen molar-refractivity contribution in [2.24, 2.45) is 11.7 Å². The number of amides is 1. The number of anilines is 1. The van der Waals surface area contributed by atoms with E-state index in [1.165, 1.54) is 17.3 Å². The molecule has 0 saturated carbocycles. The van der Waals surface area contributed by atoms with Crippen molar-refractivity contribution in [3.05, 3.63) is 47.4 Å². The molecule has 0 unspecified atom stereocenters. The van der Waals surface area contributed by atoms with Crippen LogP contribution in [-0.4, -0.2) is 18.4 Å². The third kappa shape index (κ3) is 5.20. The second kappa shape index (κ2) is 9.34. The molecule has 0 aliphatic carbocycles. The van der Waals surface area contributed by atoms with Crippen molar-refractivity contribution in [3.8, 4) is 0 Å². The summed E-state index contributed by atoms with van der Waals surface area (Å²) in [5, 5.41) is 1.47. The maximum Gasteiger partial charge on any atom is 0.221 e. The molecule has 1 amide bonds. The summed E-state index contributed by atoms with van der Waals surface area (Å²) in [5.41, 5.74) is 3.87. The predicted molar refractivity (Wildman–Crippen MR) is 87.2 cm³/mol. The molecular weight excluding hydrogens is 301 g/mol. The number of carbonyl (C=O) groups excluding carboxylic acids is 1. The summed E-state index contributed by atoms with van der Waals surface area (Å²) in [6.07, 6.45) is 7.50. The molecule has 0 radical (unpaired) electrons. The number of hydrazine groups is 2. The van der Waals surface area contributed by atoms with Crippen molar-refractivity contribution in [2.75, 3.05) is 12.1 Å². The van der Waals surface area contributed by atoms with Crippen LogP contribution in [-0.2, 0) is 11.2 Å². The smallest absolute Gasteiger partial charge is 0.221 e. The van der Waals surface area contributed by atoms with Gasteiger partial charge in [-0.1, -0.05) is 6.92 Å². The molecule has 1 aromatic carbocycles. The molecule has 2 rings (SSSR count). The molecule has 1 heterocycles. The maximum absolute atomic E-state index is 13.8. The standard InChI is InChI=1S/C14H16FN3O.CH4N2O/c1-3-10-11(4-7-14-17-8-9-19-14)13(18(2)16)6-5-12(10)15;2-3-1-4/h4-9H,3,16H2,1-2H3;1H,2H2,(H,3,4)/b7-4+;. The molecule has 7 nitrogen and oxygen atoms in total. The molecule has 0 aliphatic rings. The quantitative estimate of drug-likeness (QED) is 0.333. The van der Waals surface area contributed by atoms with Gasteiger partial charge in [0, 0.05) is 18.7 Å². The van der Waals surface area contributed by atoms with Gasteiger partial charge in [0.1, 0.15) is 12.1 Å². The average Bonchev–Trinajstić information content (AvgIpc) is 3.06. The second-order valence-electron chi connectivity index (χ2n) is 4.41. The Hall–Kier alpha value is -2.71. The van der Waals surface area contributed by atoms with Gasteiger partial charge in [0.05, 0.1) is 11.9 Å². The van der Waals surface area contributed by atoms with Crippen LogP contribution in [0.4, 0.5) is 10.1 Å². The number of nitrogens with zero attached hydrogens (tertiary/aromatic N) is 2. The van der Waals surface area contributed by atoms with Gasteiger partial charge >= 0.3 is 0 Å². The SMILES string of the molecule is CCc1c(F)ccc(N(C)N)c1/C=C/c1ncco1.NNC=O. The van der Waals surface area contributed by atoms with Gasteiger partial charge in [-0.15, -0.1) is 0 Å². The lowest BCUT2D eigenvalue weighted by atomic mass is 10.0. The van der Waals surface area contributed by atoms with E-state index < -0.39 is 0 Å². The zero-order valence-electron chi connectivity index (χ0n) is 13.0. The topological polar surface area (TPSA) is 110 Å². The van der Waals surface area contributed by atoms with Gasteiger partial charge in [-0.3, -0.25) is 10.2 Å². The van der Waals surface area contributed by atoms with Crippen LogP contribution >= 0.6 is 0 Å². The van der Waals surface area contributed by atoms with E-state index in [1.54, 1.807) is 36.9 Å². The highest BCUT2D eigenvalue weighted by Crippen LogP contribution is 2.27. The van der Waals surface area contributed by atoms with E-state index in [2.05, 4.69) is 10.8 Å². The van der Waals surface area contributed by atoms with Crippen LogP contribution in [0.3, 0.4) is 0 Å². The second-order valence-corrected chi connectivity index (χ2v) is 4.41. The van der Waals surface area contributed by atoms with Gasteiger partial charge in [-0.2, -0.15) is 0 Å². The molecule has 1 aromatic heterocycles. The van der Waals surface area contributed by atoms with Gasteiger partial charge < -0.3 is 9.43 Å². The summed E-state index contributed by atoms with van der Waals surface area (Å²) in [6, 6.07) is 3.09. The Labute approximate surface area is 133 Å². The zero-order valence-corrected chi connectivity index (χ0v) is 13.0. The van der Waals surface area contributed by atoms with E-state index in [1.807, 2.05) is 6.92 Å². The molecule has 5 N–H and O–H groups in total. The Kier molecular flexibility index (Phi) is 7.44. The van der Waals surface area contributed by atoms with Crippen LogP contribution in [0.2, 0.25) is 0 Å². The molecule has 124 valence electrons. The molecule has 8 heteroatoms. The third-order valence-corrected chi connectivity index (χ3v) is 2.92. The number of halogens is 1. The number of nitrogens with one attached hydrogen (secondary N) is 1. The Morgan fingerprint density at radius 1 is 1.43 bits per heavy atom. The fourth-order valence-corrected chi connectivity index (χ4v) is 1.95. The fraction of sp³-hybridized carbons (Fsp3) is 0.200. The predicted octanol–water partition coefficient (Wildman–Crippen LogP) is 1.46. The first kappa shape index (κ1) is 18.3. The highest BCUT2D eigenvalue weighted by atomic mass is 19.1. The van der Waals surface area contributed by atoms with Crippen molar-refractivity contribution in [2.45, 2.75) is 13.3 Å². The first-order valence-corrected chi connectivity index (χ1v) is 6.82.